The number of hydrogen-bond acceptors (Lipinski definition) is 2. The van der Waals surface area contributed by atoms with Crippen molar-refractivity contribution in [3.8, 4) is 0 Å². The molecule has 0 unspecified atom stereocenters. The van der Waals surface area contributed by atoms with Crippen LogP contribution < -0.4 is 5.32 Å². The van der Waals surface area contributed by atoms with Gasteiger partial charge in [0.15, 0.2) is 0 Å². The second kappa shape index (κ2) is 5.45. The van der Waals surface area contributed by atoms with E-state index in [9.17, 15) is 9.18 Å². The molecule has 0 bridgehead atoms. The molecule has 0 spiro atoms. The van der Waals surface area contributed by atoms with E-state index in [0.717, 1.165) is 10.9 Å². The molecule has 2 N–H and O–H groups in total. The second-order valence-electron chi connectivity index (χ2n) is 5.62. The third-order valence-electron chi connectivity index (χ3n) is 4.08. The third kappa shape index (κ3) is 2.22. The number of aromatic nitrogens is 2. The quantitative estimate of drug-likeness (QED) is 0.575. The SMILES string of the molecule is Cc1[nH]c2c(F)cccc2c1C(=O)Nc1cccc2cccnc12. The molecule has 24 heavy (non-hydrogen) atoms. The zero-order valence-electron chi connectivity index (χ0n) is 12.9. The van der Waals surface area contributed by atoms with Crippen molar-refractivity contribution in [2.24, 2.45) is 0 Å². The van der Waals surface area contributed by atoms with Crippen molar-refractivity contribution < 1.29 is 9.18 Å². The molecule has 0 saturated carbocycles. The standard InChI is InChI=1S/C19H14FN3O/c1-11-16(13-7-3-8-14(20)18(13)22-11)19(24)23-15-9-2-5-12-6-4-10-21-17(12)15/h2-10,22H,1H3,(H,23,24). The fourth-order valence-corrected chi connectivity index (χ4v) is 2.99. The highest BCUT2D eigenvalue weighted by Crippen LogP contribution is 2.26. The summed E-state index contributed by atoms with van der Waals surface area (Å²) in [4.78, 5) is 20.1. The number of carbonyl (C=O) groups is 1. The van der Waals surface area contributed by atoms with Gasteiger partial charge in [-0.1, -0.05) is 30.3 Å². The van der Waals surface area contributed by atoms with Crippen molar-refractivity contribution in [3.05, 3.63) is 71.8 Å². The highest BCUT2D eigenvalue weighted by Gasteiger charge is 2.18. The molecule has 2 aromatic carbocycles. The molecule has 0 saturated heterocycles. The largest absolute Gasteiger partial charge is 0.356 e. The zero-order chi connectivity index (χ0) is 16.7. The van der Waals surface area contributed by atoms with Crippen LogP contribution >= 0.6 is 0 Å². The van der Waals surface area contributed by atoms with Gasteiger partial charge in [0.25, 0.3) is 5.91 Å². The Labute approximate surface area is 137 Å². The highest BCUT2D eigenvalue weighted by atomic mass is 19.1. The van der Waals surface area contributed by atoms with Crippen molar-refractivity contribution in [2.45, 2.75) is 6.92 Å². The van der Waals surface area contributed by atoms with Crippen LogP contribution in [0.25, 0.3) is 21.8 Å². The van der Waals surface area contributed by atoms with E-state index in [0.29, 0.717) is 27.8 Å². The number of anilines is 1. The van der Waals surface area contributed by atoms with E-state index in [1.807, 2.05) is 24.3 Å². The lowest BCUT2D eigenvalue weighted by molar-refractivity contribution is 0.102. The van der Waals surface area contributed by atoms with Gasteiger partial charge in [-0.25, -0.2) is 4.39 Å². The number of para-hydroxylation sites is 2. The van der Waals surface area contributed by atoms with Gasteiger partial charge in [0.2, 0.25) is 0 Å². The molecular weight excluding hydrogens is 305 g/mol. The first-order valence-corrected chi connectivity index (χ1v) is 7.57. The molecule has 2 heterocycles. The lowest BCUT2D eigenvalue weighted by Gasteiger charge is -2.08. The summed E-state index contributed by atoms with van der Waals surface area (Å²) < 4.78 is 13.9. The molecule has 0 aliphatic rings. The summed E-state index contributed by atoms with van der Waals surface area (Å²) in [7, 11) is 0. The molecule has 2 aromatic heterocycles. The van der Waals surface area contributed by atoms with Crippen LogP contribution in [-0.4, -0.2) is 15.9 Å². The number of amides is 1. The minimum absolute atomic E-state index is 0.289. The van der Waals surface area contributed by atoms with Crippen LogP contribution in [0.2, 0.25) is 0 Å². The number of aromatic amines is 1. The number of aryl methyl sites for hydroxylation is 1. The van der Waals surface area contributed by atoms with Gasteiger partial charge in [0.1, 0.15) is 5.82 Å². The number of nitrogens with one attached hydrogen (secondary N) is 2. The molecule has 0 fully saturated rings. The highest BCUT2D eigenvalue weighted by molar-refractivity contribution is 6.15. The molecule has 0 aliphatic carbocycles. The number of nitrogens with zero attached hydrogens (tertiary/aromatic N) is 1. The van der Waals surface area contributed by atoms with Crippen molar-refractivity contribution in [2.75, 3.05) is 5.32 Å². The maximum atomic E-state index is 13.9. The van der Waals surface area contributed by atoms with Gasteiger partial charge in [-0.2, -0.15) is 0 Å². The van der Waals surface area contributed by atoms with Gasteiger partial charge >= 0.3 is 0 Å². The molecule has 4 rings (SSSR count). The van der Waals surface area contributed by atoms with Gasteiger partial charge in [-0.15, -0.1) is 0 Å². The van der Waals surface area contributed by atoms with Crippen molar-refractivity contribution in [1.29, 1.82) is 0 Å². The van der Waals surface area contributed by atoms with Crippen LogP contribution in [0.4, 0.5) is 10.1 Å². The van der Waals surface area contributed by atoms with Crippen molar-refractivity contribution in [1.82, 2.24) is 9.97 Å². The first kappa shape index (κ1) is 14.4. The predicted octanol–water partition coefficient (Wildman–Crippen LogP) is 4.42. The molecule has 1 amide bonds. The average Bonchev–Trinajstić information content (AvgIpc) is 2.93. The molecule has 0 atom stereocenters. The Hall–Kier alpha value is -3.21. The van der Waals surface area contributed by atoms with E-state index in [1.165, 1.54) is 6.07 Å². The molecule has 0 radical (unpaired) electrons. The number of halogens is 1. The Morgan fingerprint density at radius 2 is 1.92 bits per heavy atom. The lowest BCUT2D eigenvalue weighted by Crippen LogP contribution is -2.13. The van der Waals surface area contributed by atoms with E-state index in [2.05, 4.69) is 15.3 Å². The monoisotopic (exact) mass is 319 g/mol. The summed E-state index contributed by atoms with van der Waals surface area (Å²) in [6, 6.07) is 14.1. The Morgan fingerprint density at radius 3 is 2.79 bits per heavy atom. The van der Waals surface area contributed by atoms with Crippen molar-refractivity contribution >= 4 is 33.4 Å². The molecule has 5 heteroatoms. The van der Waals surface area contributed by atoms with Crippen LogP contribution in [0.15, 0.2) is 54.7 Å². The number of rotatable bonds is 2. The minimum Gasteiger partial charge on any atom is -0.356 e. The second-order valence-corrected chi connectivity index (χ2v) is 5.62. The van der Waals surface area contributed by atoms with Crippen LogP contribution in [0.5, 0.6) is 0 Å². The van der Waals surface area contributed by atoms with E-state index in [4.69, 9.17) is 0 Å². The fraction of sp³-hybridized carbons (Fsp3) is 0.0526. The predicted molar refractivity (Wildman–Crippen MR) is 92.7 cm³/mol. The summed E-state index contributed by atoms with van der Waals surface area (Å²) in [5, 5.41) is 4.41. The van der Waals surface area contributed by atoms with E-state index >= 15 is 0 Å². The number of fused-ring (bicyclic) bond motifs is 2. The van der Waals surface area contributed by atoms with Crippen LogP contribution in [0, 0.1) is 12.7 Å². The zero-order valence-corrected chi connectivity index (χ0v) is 12.9. The Bertz CT molecular complexity index is 1080. The smallest absolute Gasteiger partial charge is 0.258 e. The summed E-state index contributed by atoms with van der Waals surface area (Å²) in [6.45, 7) is 1.76. The number of H-pyrrole nitrogens is 1. The van der Waals surface area contributed by atoms with Crippen LogP contribution in [0.3, 0.4) is 0 Å². The van der Waals surface area contributed by atoms with Crippen LogP contribution in [0.1, 0.15) is 16.1 Å². The Balaban J connectivity index is 1.80. The molecule has 4 nitrogen and oxygen atoms in total. The maximum absolute atomic E-state index is 13.9. The van der Waals surface area contributed by atoms with Gasteiger partial charge in [-0.3, -0.25) is 9.78 Å². The molecule has 0 aliphatic heterocycles. The van der Waals surface area contributed by atoms with Crippen LogP contribution in [-0.2, 0) is 0 Å². The van der Waals surface area contributed by atoms with Gasteiger partial charge in [0, 0.05) is 22.7 Å². The normalized spacial score (nSPS) is 11.1. The lowest BCUT2D eigenvalue weighted by atomic mass is 10.1. The van der Waals surface area contributed by atoms with Gasteiger partial charge < -0.3 is 10.3 Å². The Kier molecular flexibility index (Phi) is 3.27. The number of hydrogen-bond donors (Lipinski definition) is 2. The number of carbonyl (C=O) groups excluding carboxylic acids is 1. The summed E-state index contributed by atoms with van der Waals surface area (Å²) in [5.41, 5.74) is 2.76. The first-order valence-electron chi connectivity index (χ1n) is 7.57. The molecule has 118 valence electrons. The van der Waals surface area contributed by atoms with Crippen molar-refractivity contribution in [3.63, 3.8) is 0 Å². The topological polar surface area (TPSA) is 57.8 Å². The minimum atomic E-state index is -0.374. The van der Waals surface area contributed by atoms with E-state index in [1.54, 1.807) is 31.3 Å². The van der Waals surface area contributed by atoms with E-state index in [-0.39, 0.29) is 11.7 Å². The summed E-state index contributed by atoms with van der Waals surface area (Å²) >= 11 is 0. The number of benzene rings is 2. The van der Waals surface area contributed by atoms with Gasteiger partial charge in [0.05, 0.1) is 22.3 Å². The first-order chi connectivity index (χ1) is 11.6. The van der Waals surface area contributed by atoms with E-state index < -0.39 is 0 Å². The Morgan fingerprint density at radius 1 is 1.12 bits per heavy atom. The number of pyridine rings is 1. The summed E-state index contributed by atoms with van der Waals surface area (Å²) in [6.07, 6.45) is 1.68. The summed E-state index contributed by atoms with van der Waals surface area (Å²) in [5.74, 6) is -0.663. The molecular formula is C19H14FN3O. The maximum Gasteiger partial charge on any atom is 0.258 e. The fourth-order valence-electron chi connectivity index (χ4n) is 2.99. The van der Waals surface area contributed by atoms with Gasteiger partial charge in [-0.05, 0) is 25.1 Å². The average molecular weight is 319 g/mol. The third-order valence-corrected chi connectivity index (χ3v) is 4.08. The molecule has 4 aromatic rings.